The molecule has 1 aliphatic rings. The molecule has 122 valence electrons. The predicted octanol–water partition coefficient (Wildman–Crippen LogP) is 3.66. The molecule has 5 heteroatoms. The molecule has 1 atom stereocenters. The molecule has 3 rings (SSSR count). The third-order valence-corrected chi connectivity index (χ3v) is 3.85. The van der Waals surface area contributed by atoms with Crippen molar-refractivity contribution in [2.24, 2.45) is 0 Å². The molecule has 1 amide bonds. The number of hydrogen-bond acceptors (Lipinski definition) is 4. The molecule has 0 aliphatic carbocycles. The van der Waals surface area contributed by atoms with Gasteiger partial charge >= 0.3 is 6.09 Å². The third-order valence-electron chi connectivity index (χ3n) is 3.85. The van der Waals surface area contributed by atoms with E-state index in [0.29, 0.717) is 6.54 Å². The molecule has 1 saturated heterocycles. The first kappa shape index (κ1) is 15.6. The molecule has 1 aliphatic heterocycles. The Bertz CT molecular complexity index is 703. The maximum Gasteiger partial charge on any atom is 0.410 e. The number of hydrogen-bond donors (Lipinski definition) is 1. The summed E-state index contributed by atoms with van der Waals surface area (Å²) in [6.07, 6.45) is 2.49. The Morgan fingerprint density at radius 2 is 2.09 bits per heavy atom. The number of aromatic nitrogens is 1. The second-order valence-corrected chi connectivity index (χ2v) is 6.93. The summed E-state index contributed by atoms with van der Waals surface area (Å²) in [6.45, 7) is 7.04. The number of anilines is 1. The first-order valence-electron chi connectivity index (χ1n) is 8.00. The molecule has 2 heterocycles. The van der Waals surface area contributed by atoms with Crippen LogP contribution in [-0.4, -0.2) is 40.7 Å². The van der Waals surface area contributed by atoms with Crippen LogP contribution < -0.4 is 5.32 Å². The van der Waals surface area contributed by atoms with Crippen LogP contribution in [0.5, 0.6) is 0 Å². The predicted molar refractivity (Wildman–Crippen MR) is 91.6 cm³/mol. The Morgan fingerprint density at radius 1 is 1.30 bits per heavy atom. The van der Waals surface area contributed by atoms with Crippen LogP contribution >= 0.6 is 0 Å². The Hall–Kier alpha value is -2.30. The highest BCUT2D eigenvalue weighted by atomic mass is 16.6. The average Bonchev–Trinajstić information content (AvgIpc) is 2.95. The van der Waals surface area contributed by atoms with Gasteiger partial charge in [0.1, 0.15) is 5.60 Å². The molecule has 5 nitrogen and oxygen atoms in total. The van der Waals surface area contributed by atoms with Gasteiger partial charge < -0.3 is 15.0 Å². The van der Waals surface area contributed by atoms with E-state index < -0.39 is 5.60 Å². The van der Waals surface area contributed by atoms with Crippen molar-refractivity contribution in [3.63, 3.8) is 0 Å². The molecule has 0 saturated carbocycles. The minimum Gasteiger partial charge on any atom is -0.444 e. The van der Waals surface area contributed by atoms with Crippen LogP contribution in [0.25, 0.3) is 10.9 Å². The number of pyridine rings is 1. The van der Waals surface area contributed by atoms with E-state index in [1.54, 1.807) is 4.90 Å². The number of benzene rings is 1. The number of carbonyl (C=O) groups excluding carboxylic acids is 1. The zero-order valence-electron chi connectivity index (χ0n) is 13.9. The van der Waals surface area contributed by atoms with Gasteiger partial charge in [0.15, 0.2) is 0 Å². The van der Waals surface area contributed by atoms with Crippen molar-refractivity contribution in [3.8, 4) is 0 Å². The lowest BCUT2D eigenvalue weighted by atomic mass is 10.1. The van der Waals surface area contributed by atoms with Crippen LogP contribution in [0.3, 0.4) is 0 Å². The van der Waals surface area contributed by atoms with Crippen LogP contribution in [-0.2, 0) is 4.74 Å². The molecule has 1 fully saturated rings. The van der Waals surface area contributed by atoms with Crippen LogP contribution in [0.2, 0.25) is 0 Å². The highest BCUT2D eigenvalue weighted by Gasteiger charge is 2.29. The monoisotopic (exact) mass is 313 g/mol. The van der Waals surface area contributed by atoms with Crippen molar-refractivity contribution in [1.29, 1.82) is 0 Å². The van der Waals surface area contributed by atoms with Crippen LogP contribution in [0.4, 0.5) is 10.5 Å². The van der Waals surface area contributed by atoms with Gasteiger partial charge in [-0.25, -0.2) is 4.79 Å². The first-order chi connectivity index (χ1) is 10.9. The van der Waals surface area contributed by atoms with Gasteiger partial charge in [0.05, 0.1) is 5.52 Å². The molecule has 0 bridgehead atoms. The Kier molecular flexibility index (Phi) is 4.11. The summed E-state index contributed by atoms with van der Waals surface area (Å²) in [7, 11) is 0. The molecule has 1 unspecified atom stereocenters. The van der Waals surface area contributed by atoms with Gasteiger partial charge in [-0.15, -0.1) is 0 Å². The van der Waals surface area contributed by atoms with Crippen molar-refractivity contribution >= 4 is 22.7 Å². The van der Waals surface area contributed by atoms with Gasteiger partial charge in [-0.3, -0.25) is 4.98 Å². The van der Waals surface area contributed by atoms with Crippen LogP contribution in [0.15, 0.2) is 36.5 Å². The van der Waals surface area contributed by atoms with Gasteiger partial charge in [0.2, 0.25) is 0 Å². The number of carbonyl (C=O) groups is 1. The largest absolute Gasteiger partial charge is 0.444 e. The third kappa shape index (κ3) is 3.73. The van der Waals surface area contributed by atoms with Gasteiger partial charge in [0.25, 0.3) is 0 Å². The van der Waals surface area contributed by atoms with Crippen molar-refractivity contribution < 1.29 is 9.53 Å². The number of rotatable bonds is 2. The molecule has 1 aromatic heterocycles. The Morgan fingerprint density at radius 3 is 2.87 bits per heavy atom. The fourth-order valence-electron chi connectivity index (χ4n) is 2.81. The zero-order chi connectivity index (χ0) is 16.4. The molecular formula is C18H23N3O2. The van der Waals surface area contributed by atoms with Crippen molar-refractivity contribution in [2.45, 2.75) is 38.8 Å². The maximum atomic E-state index is 12.1. The smallest absolute Gasteiger partial charge is 0.410 e. The average molecular weight is 313 g/mol. The summed E-state index contributed by atoms with van der Waals surface area (Å²) in [4.78, 5) is 18.3. The summed E-state index contributed by atoms with van der Waals surface area (Å²) in [5.74, 6) is 0. The second kappa shape index (κ2) is 6.07. The van der Waals surface area contributed by atoms with Crippen molar-refractivity contribution in [1.82, 2.24) is 9.88 Å². The summed E-state index contributed by atoms with van der Waals surface area (Å²) in [6, 6.07) is 10.3. The number of amides is 1. The number of nitrogens with one attached hydrogen (secondary N) is 1. The maximum absolute atomic E-state index is 12.1. The minimum atomic E-state index is -0.454. The highest BCUT2D eigenvalue weighted by molar-refractivity contribution is 5.91. The molecule has 23 heavy (non-hydrogen) atoms. The van der Waals surface area contributed by atoms with E-state index >= 15 is 0 Å². The first-order valence-corrected chi connectivity index (χ1v) is 8.00. The number of nitrogens with zero attached hydrogens (tertiary/aromatic N) is 2. The van der Waals surface area contributed by atoms with Crippen molar-refractivity contribution in [3.05, 3.63) is 36.5 Å². The summed E-state index contributed by atoms with van der Waals surface area (Å²) in [5.41, 5.74) is 1.58. The van der Waals surface area contributed by atoms with Crippen LogP contribution in [0, 0.1) is 0 Å². The number of likely N-dealkylation sites (tertiary alicyclic amines) is 1. The van der Waals surface area contributed by atoms with Gasteiger partial charge in [-0.1, -0.05) is 18.2 Å². The zero-order valence-corrected chi connectivity index (χ0v) is 13.9. The summed E-state index contributed by atoms with van der Waals surface area (Å²) in [5, 5.41) is 4.64. The Balaban J connectivity index is 1.67. The van der Waals surface area contributed by atoms with Gasteiger partial charge in [0, 0.05) is 36.4 Å². The lowest BCUT2D eigenvalue weighted by Gasteiger charge is -2.24. The summed E-state index contributed by atoms with van der Waals surface area (Å²) >= 11 is 0. The van der Waals surface area contributed by atoms with E-state index in [-0.39, 0.29) is 12.1 Å². The Labute approximate surface area is 136 Å². The molecule has 1 aromatic carbocycles. The lowest BCUT2D eigenvalue weighted by molar-refractivity contribution is 0.0293. The van der Waals surface area contributed by atoms with E-state index in [9.17, 15) is 4.79 Å². The van der Waals surface area contributed by atoms with Gasteiger partial charge in [-0.2, -0.15) is 0 Å². The normalized spacial score (nSPS) is 18.2. The topological polar surface area (TPSA) is 54.5 Å². The number of para-hydroxylation sites is 1. The number of ether oxygens (including phenoxy) is 1. The fourth-order valence-corrected chi connectivity index (χ4v) is 2.81. The lowest BCUT2D eigenvalue weighted by Crippen LogP contribution is -2.36. The van der Waals surface area contributed by atoms with E-state index in [0.717, 1.165) is 29.6 Å². The molecule has 2 aromatic rings. The van der Waals surface area contributed by atoms with E-state index in [1.165, 1.54) is 0 Å². The summed E-state index contributed by atoms with van der Waals surface area (Å²) < 4.78 is 5.44. The highest BCUT2D eigenvalue weighted by Crippen LogP contribution is 2.24. The second-order valence-electron chi connectivity index (χ2n) is 6.93. The van der Waals surface area contributed by atoms with Gasteiger partial charge in [-0.05, 0) is 39.3 Å². The SMILES string of the molecule is CC(C)(C)OC(=O)N1CCC(Nc2ccnc3ccccc23)C1. The fraction of sp³-hybridized carbons (Fsp3) is 0.444. The molecule has 0 radical (unpaired) electrons. The van der Waals surface area contributed by atoms with Crippen LogP contribution in [0.1, 0.15) is 27.2 Å². The number of fused-ring (bicyclic) bond motifs is 1. The molecular weight excluding hydrogens is 290 g/mol. The molecule has 1 N–H and O–H groups in total. The van der Waals surface area contributed by atoms with E-state index in [4.69, 9.17) is 4.74 Å². The van der Waals surface area contributed by atoms with Crippen molar-refractivity contribution in [2.75, 3.05) is 18.4 Å². The quantitative estimate of drug-likeness (QED) is 0.919. The molecule has 0 spiro atoms. The standard InChI is InChI=1S/C18H23N3O2/c1-18(2,3)23-17(22)21-11-9-13(12-21)20-16-8-10-19-15-7-5-4-6-14(15)16/h4-8,10,13H,9,11-12H2,1-3H3,(H,19,20). The van der Waals surface area contributed by atoms with E-state index in [2.05, 4.69) is 16.4 Å². The van der Waals surface area contributed by atoms with E-state index in [1.807, 2.05) is 51.2 Å². The minimum absolute atomic E-state index is 0.230.